The van der Waals surface area contributed by atoms with Gasteiger partial charge in [-0.05, 0) is 27.1 Å². The summed E-state index contributed by atoms with van der Waals surface area (Å²) in [7, 11) is 1.76. The Labute approximate surface area is 199 Å². The highest BCUT2D eigenvalue weighted by Crippen LogP contribution is 2.42. The molecule has 0 spiro atoms. The number of amides is 1. The molecule has 0 bridgehead atoms. The van der Waals surface area contributed by atoms with Crippen LogP contribution in [0.3, 0.4) is 0 Å². The summed E-state index contributed by atoms with van der Waals surface area (Å²) in [6, 6.07) is 19.3. The first kappa shape index (κ1) is 21.7. The van der Waals surface area contributed by atoms with E-state index in [9.17, 15) is 9.59 Å². The molecule has 1 atom stereocenters. The van der Waals surface area contributed by atoms with Crippen molar-refractivity contribution >= 4 is 35.4 Å². The zero-order valence-corrected chi connectivity index (χ0v) is 19.5. The molecule has 0 saturated carbocycles. The van der Waals surface area contributed by atoms with E-state index in [1.165, 1.54) is 11.8 Å². The Bertz CT molecular complexity index is 1160. The van der Waals surface area contributed by atoms with E-state index < -0.39 is 12.1 Å². The summed E-state index contributed by atoms with van der Waals surface area (Å²) in [5.41, 5.74) is 2.95. The van der Waals surface area contributed by atoms with Crippen LogP contribution in [0.15, 0.2) is 77.1 Å². The number of benzene rings is 2. The van der Waals surface area contributed by atoms with Gasteiger partial charge in [-0.1, -0.05) is 72.4 Å². The van der Waals surface area contributed by atoms with Crippen molar-refractivity contribution in [2.75, 3.05) is 11.5 Å². The van der Waals surface area contributed by atoms with Crippen LogP contribution in [0.2, 0.25) is 0 Å². The largest absolute Gasteiger partial charge is 0.448 e. The van der Waals surface area contributed by atoms with E-state index in [4.69, 9.17) is 4.74 Å². The van der Waals surface area contributed by atoms with Gasteiger partial charge in [-0.15, -0.1) is 16.9 Å². The lowest BCUT2D eigenvalue weighted by Crippen LogP contribution is -2.54. The van der Waals surface area contributed by atoms with Crippen molar-refractivity contribution in [3.8, 4) is 0 Å². The van der Waals surface area contributed by atoms with Crippen LogP contribution >= 0.6 is 23.5 Å². The number of aromatic nitrogens is 4. The molecule has 5 rings (SSSR count). The maximum absolute atomic E-state index is 13.6. The standard InChI is InChI=1S/C23H21N5O3S2/c1-27-23(24-25-26-27)33-14-17-13-32-19-12-18(29)28(19)20(17)22(30)31-21(15-8-4-2-5-9-15)16-10-6-3-7-11-16/h2-11,19,21H,12-14H2,1H3/t19-/m0/s1. The average molecular weight is 480 g/mol. The highest BCUT2D eigenvalue weighted by Gasteiger charge is 2.46. The molecule has 0 radical (unpaired) electrons. The number of tetrazole rings is 1. The topological polar surface area (TPSA) is 90.2 Å². The highest BCUT2D eigenvalue weighted by atomic mass is 32.2. The van der Waals surface area contributed by atoms with Gasteiger partial charge in [0.2, 0.25) is 11.1 Å². The Morgan fingerprint density at radius 3 is 2.39 bits per heavy atom. The molecule has 2 aliphatic heterocycles. The molecule has 3 aromatic rings. The second-order valence-corrected chi connectivity index (χ2v) is 9.77. The van der Waals surface area contributed by atoms with Crippen LogP contribution in [0.25, 0.3) is 0 Å². The summed E-state index contributed by atoms with van der Waals surface area (Å²) < 4.78 is 7.68. The Balaban J connectivity index is 1.46. The zero-order chi connectivity index (χ0) is 22.8. The lowest BCUT2D eigenvalue weighted by molar-refractivity contribution is -0.151. The average Bonchev–Trinajstić information content (AvgIpc) is 3.26. The van der Waals surface area contributed by atoms with Gasteiger partial charge in [-0.2, -0.15) is 0 Å². The first-order chi connectivity index (χ1) is 16.1. The van der Waals surface area contributed by atoms with Crippen molar-refractivity contribution in [3.63, 3.8) is 0 Å². The molecule has 168 valence electrons. The first-order valence-electron chi connectivity index (χ1n) is 10.4. The molecule has 1 saturated heterocycles. The minimum atomic E-state index is -0.575. The number of hydrogen-bond donors (Lipinski definition) is 0. The summed E-state index contributed by atoms with van der Waals surface area (Å²) in [5, 5.41) is 12.1. The Morgan fingerprint density at radius 2 is 1.82 bits per heavy atom. The van der Waals surface area contributed by atoms with Gasteiger partial charge < -0.3 is 4.74 Å². The van der Waals surface area contributed by atoms with Crippen LogP contribution in [-0.4, -0.2) is 53.9 Å². The van der Waals surface area contributed by atoms with Crippen LogP contribution in [-0.2, 0) is 21.4 Å². The van der Waals surface area contributed by atoms with Gasteiger partial charge in [0.25, 0.3) is 0 Å². The van der Waals surface area contributed by atoms with Crippen LogP contribution in [0, 0.1) is 0 Å². The number of rotatable bonds is 7. The number of ether oxygens (including phenoxy) is 1. The van der Waals surface area contributed by atoms with Crippen LogP contribution in [0.4, 0.5) is 0 Å². The Hall–Kier alpha value is -3.11. The summed E-state index contributed by atoms with van der Waals surface area (Å²) in [5.74, 6) is 0.595. The van der Waals surface area contributed by atoms with Crippen molar-refractivity contribution in [2.24, 2.45) is 7.05 Å². The van der Waals surface area contributed by atoms with E-state index in [1.54, 1.807) is 28.4 Å². The van der Waals surface area contributed by atoms with Gasteiger partial charge in [0, 0.05) is 18.6 Å². The van der Waals surface area contributed by atoms with E-state index in [-0.39, 0.29) is 11.3 Å². The number of hydrogen-bond acceptors (Lipinski definition) is 8. The van der Waals surface area contributed by atoms with E-state index in [1.807, 2.05) is 60.7 Å². The smallest absolute Gasteiger partial charge is 0.356 e. The fraction of sp³-hybridized carbons (Fsp3) is 0.261. The second-order valence-electron chi connectivity index (χ2n) is 7.67. The third-order valence-corrected chi connectivity index (χ3v) is 7.89. The lowest BCUT2D eigenvalue weighted by atomic mass is 10.0. The van der Waals surface area contributed by atoms with Gasteiger partial charge in [0.1, 0.15) is 5.70 Å². The molecule has 2 aromatic carbocycles. The number of carbonyl (C=O) groups excluding carboxylic acids is 2. The maximum atomic E-state index is 13.6. The van der Waals surface area contributed by atoms with E-state index in [0.717, 1.165) is 16.7 Å². The molecule has 1 fully saturated rings. The first-order valence-corrected chi connectivity index (χ1v) is 12.5. The molecule has 33 heavy (non-hydrogen) atoms. The zero-order valence-electron chi connectivity index (χ0n) is 17.8. The van der Waals surface area contributed by atoms with E-state index in [0.29, 0.717) is 28.8 Å². The second kappa shape index (κ2) is 9.40. The van der Waals surface area contributed by atoms with Gasteiger partial charge in [0.15, 0.2) is 6.10 Å². The van der Waals surface area contributed by atoms with Crippen molar-refractivity contribution in [1.82, 2.24) is 25.1 Å². The van der Waals surface area contributed by atoms with Crippen LogP contribution in [0.1, 0.15) is 23.7 Å². The molecule has 2 aliphatic rings. The Kier molecular flexibility index (Phi) is 6.19. The fourth-order valence-electron chi connectivity index (χ4n) is 3.82. The molecule has 0 unspecified atom stereocenters. The van der Waals surface area contributed by atoms with E-state index >= 15 is 0 Å². The van der Waals surface area contributed by atoms with Crippen LogP contribution in [0.5, 0.6) is 0 Å². The predicted molar refractivity (Wildman–Crippen MR) is 125 cm³/mol. The van der Waals surface area contributed by atoms with Gasteiger partial charge in [-0.25, -0.2) is 9.48 Å². The molecule has 0 N–H and O–H groups in total. The maximum Gasteiger partial charge on any atom is 0.356 e. The van der Waals surface area contributed by atoms with Crippen molar-refractivity contribution < 1.29 is 14.3 Å². The number of fused-ring (bicyclic) bond motifs is 1. The third kappa shape index (κ3) is 4.40. The normalized spacial score (nSPS) is 17.7. The number of carbonyl (C=O) groups is 2. The quantitative estimate of drug-likeness (QED) is 0.290. The summed E-state index contributed by atoms with van der Waals surface area (Å²) in [4.78, 5) is 27.6. The number of aryl methyl sites for hydroxylation is 1. The number of nitrogens with zero attached hydrogens (tertiary/aromatic N) is 5. The fourth-order valence-corrected chi connectivity index (χ4v) is 6.07. The predicted octanol–water partition coefficient (Wildman–Crippen LogP) is 3.19. The molecule has 1 aromatic heterocycles. The summed E-state index contributed by atoms with van der Waals surface area (Å²) in [6.07, 6.45) is -0.135. The minimum absolute atomic E-state index is 0.0165. The summed E-state index contributed by atoms with van der Waals surface area (Å²) in [6.45, 7) is 0. The molecule has 0 aliphatic carbocycles. The highest BCUT2D eigenvalue weighted by molar-refractivity contribution is 8.00. The van der Waals surface area contributed by atoms with Gasteiger partial charge >= 0.3 is 5.97 Å². The molecule has 8 nitrogen and oxygen atoms in total. The molecular weight excluding hydrogens is 458 g/mol. The van der Waals surface area contributed by atoms with Crippen molar-refractivity contribution in [3.05, 3.63) is 83.1 Å². The van der Waals surface area contributed by atoms with Crippen LogP contribution < -0.4 is 0 Å². The van der Waals surface area contributed by atoms with E-state index in [2.05, 4.69) is 15.5 Å². The number of thioether (sulfide) groups is 2. The van der Waals surface area contributed by atoms with Crippen molar-refractivity contribution in [1.29, 1.82) is 0 Å². The number of β-lactam (4-membered cyclic amide) rings is 1. The molecular formula is C23H21N5O3S2. The lowest BCUT2D eigenvalue weighted by Gasteiger charge is -2.44. The summed E-state index contributed by atoms with van der Waals surface area (Å²) >= 11 is 3.10. The molecule has 1 amide bonds. The SMILES string of the molecule is Cn1nnnc1SCC1=C(C(=O)OC(c2ccccc2)c2ccccc2)N2C(=O)C[C@@H]2SC1. The van der Waals surface area contributed by atoms with Gasteiger partial charge in [-0.3, -0.25) is 9.69 Å². The molecule has 10 heteroatoms. The molecule has 3 heterocycles. The Morgan fingerprint density at radius 1 is 1.15 bits per heavy atom. The monoisotopic (exact) mass is 479 g/mol. The number of esters is 1. The minimum Gasteiger partial charge on any atom is -0.448 e. The van der Waals surface area contributed by atoms with Crippen molar-refractivity contribution in [2.45, 2.75) is 23.1 Å². The van der Waals surface area contributed by atoms with Gasteiger partial charge in [0.05, 0.1) is 11.8 Å². The third-order valence-electron chi connectivity index (χ3n) is 5.51.